The van der Waals surface area contributed by atoms with Gasteiger partial charge in [-0.25, -0.2) is 0 Å². The van der Waals surface area contributed by atoms with E-state index in [9.17, 15) is 4.79 Å². The molecule has 5 aliphatic rings. The van der Waals surface area contributed by atoms with E-state index in [1.165, 1.54) is 44.1 Å². The number of carbonyl (C=O) groups excluding carboxylic acids is 1. The van der Waals surface area contributed by atoms with Crippen molar-refractivity contribution < 1.29 is 14.3 Å². The van der Waals surface area contributed by atoms with Crippen molar-refractivity contribution in [3.8, 4) is 11.5 Å². The lowest BCUT2D eigenvalue weighted by molar-refractivity contribution is -0.113. The molecule has 40 heavy (non-hydrogen) atoms. The first-order valence-electron chi connectivity index (χ1n) is 14.3. The second kappa shape index (κ2) is 9.85. The number of benzene rings is 3. The van der Waals surface area contributed by atoms with E-state index in [-0.39, 0.29) is 5.91 Å². The zero-order valence-electron chi connectivity index (χ0n) is 23.0. The highest BCUT2D eigenvalue weighted by molar-refractivity contribution is 6.30. The summed E-state index contributed by atoms with van der Waals surface area (Å²) in [6.07, 6.45) is 12.2. The molecule has 1 amide bonds. The number of anilines is 1. The molecule has 3 aromatic rings. The molecule has 0 saturated heterocycles. The van der Waals surface area contributed by atoms with Gasteiger partial charge in [0.25, 0.3) is 5.91 Å². The van der Waals surface area contributed by atoms with E-state index in [4.69, 9.17) is 21.1 Å². The smallest absolute Gasteiger partial charge is 0.262 e. The lowest BCUT2D eigenvalue weighted by Crippen LogP contribution is -2.48. The molecule has 0 radical (unpaired) electrons. The zero-order chi connectivity index (χ0) is 27.4. The molecule has 204 valence electrons. The first-order valence-corrected chi connectivity index (χ1v) is 14.7. The van der Waals surface area contributed by atoms with Crippen molar-refractivity contribution in [3.63, 3.8) is 0 Å². The van der Waals surface area contributed by atoms with Crippen molar-refractivity contribution in [2.24, 2.45) is 17.8 Å². The van der Waals surface area contributed by atoms with E-state index in [1.807, 2.05) is 59.5 Å². The number of amides is 1. The van der Waals surface area contributed by atoms with Crippen LogP contribution in [0.4, 0.5) is 5.69 Å². The summed E-state index contributed by atoms with van der Waals surface area (Å²) in [5.41, 5.74) is 5.94. The fourth-order valence-electron chi connectivity index (χ4n) is 8.26. The fourth-order valence-corrected chi connectivity index (χ4v) is 8.38. The van der Waals surface area contributed by atoms with Crippen LogP contribution < -0.4 is 14.4 Å². The van der Waals surface area contributed by atoms with Gasteiger partial charge in [-0.15, -0.1) is 0 Å². The average Bonchev–Trinajstić information content (AvgIpc) is 3.28. The van der Waals surface area contributed by atoms with E-state index >= 15 is 0 Å². The predicted molar refractivity (Wildman–Crippen MR) is 161 cm³/mol. The maximum Gasteiger partial charge on any atom is 0.262 e. The Kier molecular flexibility index (Phi) is 6.27. The van der Waals surface area contributed by atoms with Crippen LogP contribution >= 0.6 is 11.6 Å². The number of hydrogen-bond donors (Lipinski definition) is 0. The number of rotatable bonds is 6. The lowest BCUT2D eigenvalue weighted by atomic mass is 9.48. The Bertz CT molecular complexity index is 1480. The molecule has 8 rings (SSSR count). The third-order valence-corrected chi connectivity index (χ3v) is 9.88. The van der Waals surface area contributed by atoms with E-state index in [0.717, 1.165) is 40.3 Å². The van der Waals surface area contributed by atoms with E-state index in [1.54, 1.807) is 14.2 Å². The standard InChI is InChI=1S/C35H34ClNO3/c1-39-32-12-3-22(17-33(32)40-2)16-27-18-31(26-4-8-29(36)9-5-26)37(34(27)38)30-10-6-28(7-11-30)35-19-23-13-24(20-35)15-25(14-23)21-35/h3-12,16-18,23-25H,13-15,19-21H2,1-2H3/b27-16+. The molecule has 1 aliphatic heterocycles. The highest BCUT2D eigenvalue weighted by Gasteiger charge is 2.51. The predicted octanol–water partition coefficient (Wildman–Crippen LogP) is 8.30. The molecule has 0 unspecified atom stereocenters. The summed E-state index contributed by atoms with van der Waals surface area (Å²) in [6, 6.07) is 22.2. The van der Waals surface area contributed by atoms with Gasteiger partial charge in [0.1, 0.15) is 0 Å². The summed E-state index contributed by atoms with van der Waals surface area (Å²) in [5.74, 6) is 3.92. The van der Waals surface area contributed by atoms with Crippen LogP contribution in [0.2, 0.25) is 5.02 Å². The molecule has 4 bridgehead atoms. The van der Waals surface area contributed by atoms with Gasteiger partial charge in [0, 0.05) is 16.3 Å². The molecule has 1 heterocycles. The normalized spacial score (nSPS) is 27.8. The molecular formula is C35H34ClNO3. The lowest BCUT2D eigenvalue weighted by Gasteiger charge is -2.57. The molecule has 4 aliphatic carbocycles. The minimum Gasteiger partial charge on any atom is -0.493 e. The Morgan fingerprint density at radius 3 is 2.05 bits per heavy atom. The average molecular weight is 552 g/mol. The summed E-state index contributed by atoms with van der Waals surface area (Å²) >= 11 is 6.20. The Labute approximate surface area is 241 Å². The van der Waals surface area contributed by atoms with Gasteiger partial charge < -0.3 is 9.47 Å². The molecule has 3 aromatic carbocycles. The minimum atomic E-state index is -0.0534. The number of halogens is 1. The third kappa shape index (κ3) is 4.34. The first kappa shape index (κ1) is 25.5. The van der Waals surface area contributed by atoms with Crippen LogP contribution in [0.25, 0.3) is 11.8 Å². The van der Waals surface area contributed by atoms with Gasteiger partial charge in [-0.3, -0.25) is 9.69 Å². The molecule has 0 N–H and O–H groups in total. The number of ether oxygens (including phenoxy) is 2. The van der Waals surface area contributed by atoms with Gasteiger partial charge in [-0.1, -0.05) is 41.9 Å². The quantitative estimate of drug-likeness (QED) is 0.289. The van der Waals surface area contributed by atoms with Crippen LogP contribution in [-0.4, -0.2) is 20.1 Å². The molecule has 4 nitrogen and oxygen atoms in total. The number of methoxy groups -OCH3 is 2. The van der Waals surface area contributed by atoms with Crippen molar-refractivity contribution in [3.05, 3.63) is 100 Å². The fraction of sp³-hybridized carbons (Fsp3) is 0.343. The van der Waals surface area contributed by atoms with Gasteiger partial charge >= 0.3 is 0 Å². The van der Waals surface area contributed by atoms with Crippen LogP contribution in [0.1, 0.15) is 55.2 Å². The molecule has 4 saturated carbocycles. The van der Waals surface area contributed by atoms with Crippen molar-refractivity contribution >= 4 is 35.0 Å². The van der Waals surface area contributed by atoms with Crippen molar-refractivity contribution in [2.75, 3.05) is 19.1 Å². The van der Waals surface area contributed by atoms with Gasteiger partial charge in [0.2, 0.25) is 0 Å². The minimum absolute atomic E-state index is 0.0534. The second-order valence-corrected chi connectivity index (χ2v) is 12.6. The molecule has 0 spiro atoms. The van der Waals surface area contributed by atoms with Crippen LogP contribution in [0.5, 0.6) is 11.5 Å². The molecule has 0 atom stereocenters. The van der Waals surface area contributed by atoms with Crippen LogP contribution in [-0.2, 0) is 10.2 Å². The van der Waals surface area contributed by atoms with Crippen LogP contribution in [0.15, 0.2) is 78.4 Å². The van der Waals surface area contributed by atoms with Crippen LogP contribution in [0, 0.1) is 17.8 Å². The third-order valence-electron chi connectivity index (χ3n) is 9.63. The van der Waals surface area contributed by atoms with Gasteiger partial charge in [-0.2, -0.15) is 0 Å². The summed E-state index contributed by atoms with van der Waals surface area (Å²) in [4.78, 5) is 15.8. The SMILES string of the molecule is COc1ccc(/C=C2\C=C(c3ccc(Cl)cc3)N(c3ccc(C45CC6CC(CC(C6)C4)C5)cc3)C2=O)cc1OC. The molecule has 5 heteroatoms. The summed E-state index contributed by atoms with van der Waals surface area (Å²) < 4.78 is 10.9. The van der Waals surface area contributed by atoms with Crippen molar-refractivity contribution in [1.29, 1.82) is 0 Å². The van der Waals surface area contributed by atoms with Crippen LogP contribution in [0.3, 0.4) is 0 Å². The summed E-state index contributed by atoms with van der Waals surface area (Å²) in [7, 11) is 3.23. The molecular weight excluding hydrogens is 518 g/mol. The van der Waals surface area contributed by atoms with Crippen molar-refractivity contribution in [2.45, 2.75) is 43.9 Å². The Morgan fingerprint density at radius 1 is 0.825 bits per heavy atom. The topological polar surface area (TPSA) is 38.8 Å². The van der Waals surface area contributed by atoms with E-state index in [2.05, 4.69) is 24.3 Å². The number of hydrogen-bond acceptors (Lipinski definition) is 3. The van der Waals surface area contributed by atoms with Gasteiger partial charge in [0.15, 0.2) is 11.5 Å². The first-order chi connectivity index (χ1) is 19.4. The highest BCUT2D eigenvalue weighted by Crippen LogP contribution is 2.60. The molecule has 4 fully saturated rings. The maximum absolute atomic E-state index is 14.0. The largest absolute Gasteiger partial charge is 0.493 e. The highest BCUT2D eigenvalue weighted by atomic mass is 35.5. The summed E-state index contributed by atoms with van der Waals surface area (Å²) in [5, 5.41) is 0.668. The van der Waals surface area contributed by atoms with Crippen molar-refractivity contribution in [1.82, 2.24) is 0 Å². The van der Waals surface area contributed by atoms with Gasteiger partial charge in [0.05, 0.1) is 19.9 Å². The number of nitrogens with zero attached hydrogens (tertiary/aromatic N) is 1. The van der Waals surface area contributed by atoms with E-state index < -0.39 is 0 Å². The molecule has 0 aromatic heterocycles. The zero-order valence-corrected chi connectivity index (χ0v) is 23.8. The summed E-state index contributed by atoms with van der Waals surface area (Å²) in [6.45, 7) is 0. The van der Waals surface area contributed by atoms with E-state index in [0.29, 0.717) is 27.5 Å². The second-order valence-electron chi connectivity index (χ2n) is 12.1. The Balaban J connectivity index is 1.24. The monoisotopic (exact) mass is 551 g/mol. The van der Waals surface area contributed by atoms with Gasteiger partial charge in [-0.05, 0) is 127 Å². The maximum atomic E-state index is 14.0. The number of carbonyl (C=O) groups is 1. The Hall–Kier alpha value is -3.50. The Morgan fingerprint density at radius 2 is 1.45 bits per heavy atom.